The van der Waals surface area contributed by atoms with Gasteiger partial charge >= 0.3 is 0 Å². The van der Waals surface area contributed by atoms with Crippen molar-refractivity contribution in [2.45, 2.75) is 0 Å². The molecule has 0 aliphatic carbocycles. The second-order valence-corrected chi connectivity index (χ2v) is 4.27. The monoisotopic (exact) mass is 277 g/mol. The summed E-state index contributed by atoms with van der Waals surface area (Å²) in [7, 11) is 3.93. The van der Waals surface area contributed by atoms with E-state index in [2.05, 4.69) is 31.1 Å². The van der Waals surface area contributed by atoms with E-state index in [4.69, 9.17) is 11.6 Å². The summed E-state index contributed by atoms with van der Waals surface area (Å²) in [6, 6.07) is 1.85. The molecule has 0 unspecified atom stereocenters. The Morgan fingerprint density at radius 2 is 2.36 bits per heavy atom. The molecule has 78 valence electrons. The van der Waals surface area contributed by atoms with Gasteiger partial charge in [-0.15, -0.1) is 0 Å². The van der Waals surface area contributed by atoms with Crippen molar-refractivity contribution in [3.8, 4) is 0 Å². The Bertz CT molecular complexity index is 306. The van der Waals surface area contributed by atoms with E-state index in [1.165, 1.54) is 0 Å². The van der Waals surface area contributed by atoms with Crippen molar-refractivity contribution in [2.24, 2.45) is 0 Å². The molecule has 5 heteroatoms. The van der Waals surface area contributed by atoms with E-state index in [1.807, 2.05) is 20.2 Å². The van der Waals surface area contributed by atoms with Crippen LogP contribution in [0.25, 0.3) is 0 Å². The molecule has 14 heavy (non-hydrogen) atoms. The van der Waals surface area contributed by atoms with Gasteiger partial charge in [0.2, 0.25) is 0 Å². The zero-order valence-electron chi connectivity index (χ0n) is 8.22. The Morgan fingerprint density at radius 1 is 1.64 bits per heavy atom. The van der Waals surface area contributed by atoms with Gasteiger partial charge in [-0.3, -0.25) is 0 Å². The van der Waals surface area contributed by atoms with E-state index >= 15 is 0 Å². The van der Waals surface area contributed by atoms with Gasteiger partial charge in [0.25, 0.3) is 0 Å². The summed E-state index contributed by atoms with van der Waals surface area (Å²) in [5.74, 6) is 0.907. The van der Waals surface area contributed by atoms with Crippen LogP contribution < -0.4 is 10.2 Å². The maximum Gasteiger partial charge on any atom is 0.142 e. The van der Waals surface area contributed by atoms with Crippen LogP contribution in [0.3, 0.4) is 0 Å². The predicted molar refractivity (Wildman–Crippen MR) is 64.1 cm³/mol. The summed E-state index contributed by atoms with van der Waals surface area (Å²) < 4.78 is 0.920. The van der Waals surface area contributed by atoms with E-state index in [9.17, 15) is 0 Å². The summed E-state index contributed by atoms with van der Waals surface area (Å²) in [6.45, 7) is 1.83. The van der Waals surface area contributed by atoms with Crippen molar-refractivity contribution >= 4 is 33.3 Å². The maximum absolute atomic E-state index is 5.80. The molecule has 1 N–H and O–H groups in total. The Balaban J connectivity index is 2.74. The van der Waals surface area contributed by atoms with Gasteiger partial charge in [0.15, 0.2) is 0 Å². The molecular formula is C9H13BrClN3. The van der Waals surface area contributed by atoms with Crippen LogP contribution in [0.15, 0.2) is 16.7 Å². The molecule has 0 spiro atoms. The highest BCUT2D eigenvalue weighted by molar-refractivity contribution is 9.10. The van der Waals surface area contributed by atoms with E-state index in [0.29, 0.717) is 5.02 Å². The molecule has 0 saturated carbocycles. The number of hydrogen-bond donors (Lipinski definition) is 1. The smallest absolute Gasteiger partial charge is 0.142 e. The highest BCUT2D eigenvalue weighted by Gasteiger charge is 2.06. The molecule has 0 fully saturated rings. The number of nitrogens with zero attached hydrogens (tertiary/aromatic N) is 2. The van der Waals surface area contributed by atoms with Gasteiger partial charge in [0, 0.05) is 26.3 Å². The quantitative estimate of drug-likeness (QED) is 0.915. The van der Waals surface area contributed by atoms with Crippen LogP contribution >= 0.6 is 27.5 Å². The fraction of sp³-hybridized carbons (Fsp3) is 0.444. The van der Waals surface area contributed by atoms with Crippen LogP contribution in [0.4, 0.5) is 5.82 Å². The molecule has 0 saturated heterocycles. The van der Waals surface area contributed by atoms with Crippen molar-refractivity contribution in [3.05, 3.63) is 21.8 Å². The lowest BCUT2D eigenvalue weighted by Crippen LogP contribution is -2.27. The number of pyridine rings is 1. The van der Waals surface area contributed by atoms with E-state index < -0.39 is 0 Å². The standard InChI is InChI=1S/C9H13BrClN3/c1-12-3-4-14(2)9-8(10)5-7(11)6-13-9/h5-6,12H,3-4H2,1-2H3. The second kappa shape index (κ2) is 5.53. The highest BCUT2D eigenvalue weighted by Crippen LogP contribution is 2.25. The minimum absolute atomic E-state index is 0.641. The lowest BCUT2D eigenvalue weighted by Gasteiger charge is -2.19. The molecular weight excluding hydrogens is 265 g/mol. The van der Waals surface area contributed by atoms with Gasteiger partial charge in [-0.25, -0.2) is 4.98 Å². The largest absolute Gasteiger partial charge is 0.357 e. The summed E-state index contributed by atoms with van der Waals surface area (Å²) in [4.78, 5) is 6.32. The minimum atomic E-state index is 0.641. The van der Waals surface area contributed by atoms with Crippen molar-refractivity contribution < 1.29 is 0 Å². The van der Waals surface area contributed by atoms with E-state index in [1.54, 1.807) is 6.20 Å². The van der Waals surface area contributed by atoms with E-state index in [-0.39, 0.29) is 0 Å². The Hall–Kier alpha value is -0.320. The Kier molecular flexibility index (Phi) is 4.65. The molecule has 0 aliphatic rings. The predicted octanol–water partition coefficient (Wildman–Crippen LogP) is 2.15. The first kappa shape index (κ1) is 11.8. The van der Waals surface area contributed by atoms with E-state index in [0.717, 1.165) is 23.4 Å². The van der Waals surface area contributed by atoms with Crippen LogP contribution in [0, 0.1) is 0 Å². The van der Waals surface area contributed by atoms with Gasteiger partial charge in [-0.2, -0.15) is 0 Å². The fourth-order valence-corrected chi connectivity index (χ4v) is 2.02. The number of likely N-dealkylation sites (N-methyl/N-ethyl adjacent to an activating group) is 2. The Morgan fingerprint density at radius 3 is 2.93 bits per heavy atom. The molecule has 0 aromatic carbocycles. The zero-order chi connectivity index (χ0) is 10.6. The molecule has 3 nitrogen and oxygen atoms in total. The summed E-state index contributed by atoms with van der Waals surface area (Å²) in [6.07, 6.45) is 1.65. The molecule has 0 radical (unpaired) electrons. The van der Waals surface area contributed by atoms with Crippen LogP contribution in [-0.2, 0) is 0 Å². The van der Waals surface area contributed by atoms with Crippen LogP contribution in [0.5, 0.6) is 0 Å². The van der Waals surface area contributed by atoms with Crippen molar-refractivity contribution in [1.82, 2.24) is 10.3 Å². The van der Waals surface area contributed by atoms with Crippen molar-refractivity contribution in [2.75, 3.05) is 32.1 Å². The van der Waals surface area contributed by atoms with Gasteiger partial charge in [0.05, 0.1) is 9.50 Å². The summed E-state index contributed by atoms with van der Waals surface area (Å²) in [5.41, 5.74) is 0. The molecule has 0 bridgehead atoms. The topological polar surface area (TPSA) is 28.2 Å². The van der Waals surface area contributed by atoms with Gasteiger partial charge in [0.1, 0.15) is 5.82 Å². The molecule has 1 aromatic heterocycles. The third-order valence-electron chi connectivity index (χ3n) is 1.85. The number of nitrogens with one attached hydrogen (secondary N) is 1. The average Bonchev–Trinajstić information content (AvgIpc) is 2.14. The van der Waals surface area contributed by atoms with Gasteiger partial charge in [-0.1, -0.05) is 11.6 Å². The summed E-state index contributed by atoms with van der Waals surface area (Å²) in [5, 5.41) is 3.73. The molecule has 0 aliphatic heterocycles. The average molecular weight is 279 g/mol. The van der Waals surface area contributed by atoms with Gasteiger partial charge < -0.3 is 10.2 Å². The van der Waals surface area contributed by atoms with Crippen LogP contribution in [-0.4, -0.2) is 32.2 Å². The third kappa shape index (κ3) is 3.12. The molecule has 1 rings (SSSR count). The number of aromatic nitrogens is 1. The lowest BCUT2D eigenvalue weighted by molar-refractivity contribution is 0.760. The molecule has 1 aromatic rings. The third-order valence-corrected chi connectivity index (χ3v) is 2.64. The second-order valence-electron chi connectivity index (χ2n) is 2.98. The number of halogens is 2. The van der Waals surface area contributed by atoms with Crippen LogP contribution in [0.1, 0.15) is 0 Å². The maximum atomic E-state index is 5.80. The highest BCUT2D eigenvalue weighted by atomic mass is 79.9. The summed E-state index contributed by atoms with van der Waals surface area (Å²) >= 11 is 9.23. The van der Waals surface area contributed by atoms with Crippen LogP contribution in [0.2, 0.25) is 5.02 Å². The first-order valence-electron chi connectivity index (χ1n) is 4.32. The zero-order valence-corrected chi connectivity index (χ0v) is 10.6. The van der Waals surface area contributed by atoms with Gasteiger partial charge in [-0.05, 0) is 29.0 Å². The normalized spacial score (nSPS) is 10.3. The first-order chi connectivity index (χ1) is 6.65. The fourth-order valence-electron chi connectivity index (χ4n) is 1.07. The molecule has 0 atom stereocenters. The molecule has 1 heterocycles. The number of hydrogen-bond acceptors (Lipinski definition) is 3. The SMILES string of the molecule is CNCCN(C)c1ncc(Cl)cc1Br. The number of anilines is 1. The minimum Gasteiger partial charge on any atom is -0.357 e. The van der Waals surface area contributed by atoms with Crippen molar-refractivity contribution in [3.63, 3.8) is 0 Å². The first-order valence-corrected chi connectivity index (χ1v) is 5.49. The lowest BCUT2D eigenvalue weighted by atomic mass is 10.4. The Labute approximate surface area is 97.6 Å². The molecule has 0 amide bonds. The number of rotatable bonds is 4. The van der Waals surface area contributed by atoms with Crippen molar-refractivity contribution in [1.29, 1.82) is 0 Å².